The molecule has 3 aromatic rings. The van der Waals surface area contributed by atoms with Gasteiger partial charge in [-0.15, -0.1) is 0 Å². The van der Waals surface area contributed by atoms with Gasteiger partial charge in [-0.05, 0) is 86.8 Å². The Morgan fingerprint density at radius 3 is 2.45 bits per heavy atom. The Kier molecular flexibility index (Phi) is 6.24. The second-order valence-electron chi connectivity index (χ2n) is 9.51. The Morgan fingerprint density at radius 2 is 1.79 bits per heavy atom. The van der Waals surface area contributed by atoms with Crippen LogP contribution in [0, 0.1) is 13.8 Å². The van der Waals surface area contributed by atoms with E-state index < -0.39 is 0 Å². The second-order valence-corrected chi connectivity index (χ2v) is 9.89. The van der Waals surface area contributed by atoms with Crippen molar-refractivity contribution in [3.8, 4) is 5.69 Å². The number of benzene rings is 1. The number of aryl methyl sites for hydroxylation is 2. The largest absolute Gasteiger partial charge is 0.352 e. The molecule has 5 rings (SSSR count). The van der Waals surface area contributed by atoms with Gasteiger partial charge in [0.05, 0.1) is 17.8 Å². The lowest BCUT2D eigenvalue weighted by atomic mass is 9.90. The molecular formula is C28H34N4S. The minimum Gasteiger partial charge on any atom is -0.352 e. The van der Waals surface area contributed by atoms with Crippen molar-refractivity contribution in [1.82, 2.24) is 19.8 Å². The maximum absolute atomic E-state index is 5.96. The van der Waals surface area contributed by atoms with Gasteiger partial charge in [0, 0.05) is 29.3 Å². The van der Waals surface area contributed by atoms with Gasteiger partial charge in [0.2, 0.25) is 0 Å². The third-order valence-corrected chi connectivity index (χ3v) is 7.82. The molecule has 2 aliphatic rings. The van der Waals surface area contributed by atoms with Gasteiger partial charge in [-0.2, -0.15) is 0 Å². The van der Waals surface area contributed by atoms with Crippen molar-refractivity contribution >= 4 is 17.3 Å². The van der Waals surface area contributed by atoms with Crippen LogP contribution in [0.5, 0.6) is 0 Å². The van der Waals surface area contributed by atoms with Gasteiger partial charge >= 0.3 is 0 Å². The van der Waals surface area contributed by atoms with Crippen LogP contribution in [0.3, 0.4) is 0 Å². The highest BCUT2D eigenvalue weighted by molar-refractivity contribution is 7.80. The Balaban J connectivity index is 1.60. The Labute approximate surface area is 203 Å². The molecule has 33 heavy (non-hydrogen) atoms. The molecule has 2 atom stereocenters. The minimum atomic E-state index is 0.0528. The number of nitrogens with zero attached hydrogens (tertiary/aromatic N) is 3. The molecule has 0 spiro atoms. The summed E-state index contributed by atoms with van der Waals surface area (Å²) in [5.41, 5.74) is 7.54. The topological polar surface area (TPSA) is 33.1 Å². The first-order valence-electron chi connectivity index (χ1n) is 12.4. The lowest BCUT2D eigenvalue weighted by molar-refractivity contribution is 0.197. The zero-order chi connectivity index (χ0) is 22.9. The number of pyridine rings is 1. The highest BCUT2D eigenvalue weighted by Crippen LogP contribution is 2.44. The molecule has 1 saturated carbocycles. The Hall–Kier alpha value is -2.66. The van der Waals surface area contributed by atoms with Crippen molar-refractivity contribution in [2.75, 3.05) is 0 Å². The maximum Gasteiger partial charge on any atom is 0.170 e. The lowest BCUT2D eigenvalue weighted by Crippen LogP contribution is -2.40. The predicted octanol–water partition coefficient (Wildman–Crippen LogP) is 6.36. The van der Waals surface area contributed by atoms with E-state index in [9.17, 15) is 0 Å². The number of aromatic nitrogens is 2. The smallest absolute Gasteiger partial charge is 0.170 e. The van der Waals surface area contributed by atoms with E-state index in [1.807, 2.05) is 12.3 Å². The molecule has 0 radical (unpaired) electrons. The summed E-state index contributed by atoms with van der Waals surface area (Å²) in [7, 11) is 0. The second kappa shape index (κ2) is 9.30. The monoisotopic (exact) mass is 458 g/mol. The van der Waals surface area contributed by atoms with Crippen LogP contribution in [0.1, 0.15) is 79.3 Å². The van der Waals surface area contributed by atoms with Crippen LogP contribution in [-0.4, -0.2) is 25.6 Å². The van der Waals surface area contributed by atoms with Gasteiger partial charge < -0.3 is 14.8 Å². The molecule has 0 unspecified atom stereocenters. The molecule has 0 amide bonds. The van der Waals surface area contributed by atoms with E-state index >= 15 is 0 Å². The fraction of sp³-hybridized carbons (Fsp3) is 0.429. The summed E-state index contributed by atoms with van der Waals surface area (Å²) in [4.78, 5) is 7.25. The molecule has 1 aliphatic heterocycles. The number of nitrogens with one attached hydrogen (secondary N) is 1. The third kappa shape index (κ3) is 4.08. The predicted molar refractivity (Wildman–Crippen MR) is 139 cm³/mol. The van der Waals surface area contributed by atoms with Gasteiger partial charge in [-0.25, -0.2) is 0 Å². The van der Waals surface area contributed by atoms with Crippen molar-refractivity contribution in [2.45, 2.75) is 77.4 Å². The summed E-state index contributed by atoms with van der Waals surface area (Å²) in [6.45, 7) is 6.67. The average molecular weight is 459 g/mol. The standard InChI is InChI=1S/C28H34N4S/c1-4-21-13-15-23(16-14-21)31-19(2)18-24(20(31)3)27-26(25-12-8-9-17-29-25)30-28(33)32(27)22-10-6-5-7-11-22/h8-9,12-18,22,26-27H,4-7,10-11H2,1-3H3,(H,30,33)/t26-,27-/m0/s1. The maximum atomic E-state index is 5.96. The molecule has 2 fully saturated rings. The summed E-state index contributed by atoms with van der Waals surface area (Å²) >= 11 is 5.96. The van der Waals surface area contributed by atoms with E-state index in [2.05, 4.69) is 78.0 Å². The van der Waals surface area contributed by atoms with Crippen molar-refractivity contribution < 1.29 is 0 Å². The molecule has 2 aromatic heterocycles. The highest BCUT2D eigenvalue weighted by atomic mass is 32.1. The van der Waals surface area contributed by atoms with Crippen LogP contribution >= 0.6 is 12.2 Å². The van der Waals surface area contributed by atoms with Crippen LogP contribution in [0.25, 0.3) is 5.69 Å². The van der Waals surface area contributed by atoms with E-state index in [1.54, 1.807) is 0 Å². The lowest BCUT2D eigenvalue weighted by Gasteiger charge is -2.37. The van der Waals surface area contributed by atoms with Gasteiger partial charge in [-0.3, -0.25) is 4.98 Å². The molecule has 3 heterocycles. The first-order chi connectivity index (χ1) is 16.1. The van der Waals surface area contributed by atoms with E-state index in [1.165, 1.54) is 60.3 Å². The molecule has 1 saturated heterocycles. The number of hydrogen-bond donors (Lipinski definition) is 1. The molecule has 4 nitrogen and oxygen atoms in total. The van der Waals surface area contributed by atoms with E-state index in [4.69, 9.17) is 17.2 Å². The molecule has 1 N–H and O–H groups in total. The van der Waals surface area contributed by atoms with Crippen LogP contribution in [-0.2, 0) is 6.42 Å². The quantitative estimate of drug-likeness (QED) is 0.451. The van der Waals surface area contributed by atoms with E-state index in [-0.39, 0.29) is 12.1 Å². The summed E-state index contributed by atoms with van der Waals surface area (Å²) in [6.07, 6.45) is 9.28. The normalized spacial score (nSPS) is 21.4. The first kappa shape index (κ1) is 22.1. The van der Waals surface area contributed by atoms with Crippen molar-refractivity contribution in [1.29, 1.82) is 0 Å². The minimum absolute atomic E-state index is 0.0528. The average Bonchev–Trinajstić information content (AvgIpc) is 3.35. The first-order valence-corrected chi connectivity index (χ1v) is 12.8. The van der Waals surface area contributed by atoms with Crippen LogP contribution in [0.15, 0.2) is 54.7 Å². The summed E-state index contributed by atoms with van der Waals surface area (Å²) in [5.74, 6) is 0. The van der Waals surface area contributed by atoms with E-state index in [0.29, 0.717) is 6.04 Å². The number of thiocarbonyl (C=S) groups is 1. The molecule has 1 aromatic carbocycles. The van der Waals surface area contributed by atoms with E-state index in [0.717, 1.165) is 17.2 Å². The van der Waals surface area contributed by atoms with Gasteiger partial charge in [0.15, 0.2) is 5.11 Å². The highest BCUT2D eigenvalue weighted by Gasteiger charge is 2.44. The van der Waals surface area contributed by atoms with Crippen LogP contribution in [0.4, 0.5) is 0 Å². The zero-order valence-electron chi connectivity index (χ0n) is 19.9. The molecule has 1 aliphatic carbocycles. The van der Waals surface area contributed by atoms with Gasteiger partial charge in [0.1, 0.15) is 0 Å². The SMILES string of the molecule is CCc1ccc(-n2c(C)cc([C@H]3[C@H](c4ccccn4)NC(=S)N3C3CCCCC3)c2C)cc1. The van der Waals surface area contributed by atoms with Crippen LogP contribution in [0.2, 0.25) is 0 Å². The summed E-state index contributed by atoms with van der Waals surface area (Å²) in [6, 6.07) is 18.2. The fourth-order valence-electron chi connectivity index (χ4n) is 5.82. The molecular weight excluding hydrogens is 424 g/mol. The Bertz CT molecular complexity index is 1110. The summed E-state index contributed by atoms with van der Waals surface area (Å²) in [5, 5.41) is 4.54. The molecule has 0 bridgehead atoms. The van der Waals surface area contributed by atoms with Crippen molar-refractivity contribution in [3.05, 3.63) is 82.9 Å². The van der Waals surface area contributed by atoms with Crippen molar-refractivity contribution in [2.24, 2.45) is 0 Å². The zero-order valence-corrected chi connectivity index (χ0v) is 20.7. The van der Waals surface area contributed by atoms with Gasteiger partial charge in [-0.1, -0.05) is 44.4 Å². The van der Waals surface area contributed by atoms with Crippen LogP contribution < -0.4 is 5.32 Å². The third-order valence-electron chi connectivity index (χ3n) is 7.50. The van der Waals surface area contributed by atoms with Gasteiger partial charge in [0.25, 0.3) is 0 Å². The number of hydrogen-bond acceptors (Lipinski definition) is 2. The molecule has 5 heteroatoms. The summed E-state index contributed by atoms with van der Waals surface area (Å²) < 4.78 is 2.39. The fourth-order valence-corrected chi connectivity index (χ4v) is 6.21. The molecule has 172 valence electrons. The van der Waals surface area contributed by atoms with Crippen molar-refractivity contribution in [3.63, 3.8) is 0 Å². The number of rotatable bonds is 5. The Morgan fingerprint density at radius 1 is 1.03 bits per heavy atom.